The zero-order chi connectivity index (χ0) is 18.8. The van der Waals surface area contributed by atoms with Gasteiger partial charge >= 0.3 is 0 Å². The van der Waals surface area contributed by atoms with Crippen LogP contribution in [0.3, 0.4) is 0 Å². The zero-order valence-corrected chi connectivity index (χ0v) is 17.6. The quantitative estimate of drug-likeness (QED) is 0.350. The molecule has 2 aliphatic carbocycles. The van der Waals surface area contributed by atoms with Crippen LogP contribution in [0.25, 0.3) is 11.1 Å². The Morgan fingerprint density at radius 1 is 0.880 bits per heavy atom. The molecule has 0 heterocycles. The van der Waals surface area contributed by atoms with E-state index in [0.29, 0.717) is 16.6 Å². The lowest BCUT2D eigenvalue weighted by Crippen LogP contribution is -2.43. The summed E-state index contributed by atoms with van der Waals surface area (Å²) >= 11 is 0. The van der Waals surface area contributed by atoms with Gasteiger partial charge in [0.05, 0.1) is 0 Å². The third-order valence-electron chi connectivity index (χ3n) is 5.62. The fourth-order valence-corrected chi connectivity index (χ4v) is 9.49. The van der Waals surface area contributed by atoms with E-state index < -0.39 is 8.07 Å². The van der Waals surface area contributed by atoms with Crippen molar-refractivity contribution in [1.82, 2.24) is 0 Å². The second-order valence-corrected chi connectivity index (χ2v) is 13.6. The number of aryl methyl sites for hydroxylation is 1. The Labute approximate surface area is 154 Å². The molecule has 2 heteroatoms. The van der Waals surface area contributed by atoms with Crippen LogP contribution < -0.4 is 0 Å². The lowest BCUT2D eigenvalue weighted by molar-refractivity contribution is 0.112. The van der Waals surface area contributed by atoms with E-state index in [1.807, 2.05) is 12.1 Å². The maximum atomic E-state index is 11.5. The van der Waals surface area contributed by atoms with Gasteiger partial charge in [-0.25, -0.2) is 0 Å². The van der Waals surface area contributed by atoms with Crippen LogP contribution in [-0.2, 0) is 0 Å². The number of rotatable bonds is 4. The third kappa shape index (κ3) is 3.57. The van der Waals surface area contributed by atoms with Crippen molar-refractivity contribution >= 4 is 14.4 Å². The second kappa shape index (κ2) is 7.58. The zero-order valence-electron chi connectivity index (χ0n) is 16.6. The van der Waals surface area contributed by atoms with Crippen molar-refractivity contribution in [3.05, 3.63) is 47.0 Å². The molecule has 0 aromatic carbocycles. The van der Waals surface area contributed by atoms with E-state index in [9.17, 15) is 4.79 Å². The summed E-state index contributed by atoms with van der Waals surface area (Å²) in [5.41, 5.74) is 10.6. The monoisotopic (exact) mass is 350 g/mol. The van der Waals surface area contributed by atoms with E-state index in [1.54, 1.807) is 0 Å². The van der Waals surface area contributed by atoms with Gasteiger partial charge < -0.3 is 0 Å². The van der Waals surface area contributed by atoms with E-state index in [4.69, 9.17) is 0 Å². The Balaban J connectivity index is 2.66. The van der Waals surface area contributed by atoms with Crippen molar-refractivity contribution < 1.29 is 4.79 Å². The van der Waals surface area contributed by atoms with Crippen molar-refractivity contribution in [1.29, 1.82) is 0 Å². The number of hydrogen-bond acceptors (Lipinski definition) is 1. The fourth-order valence-electron chi connectivity index (χ4n) is 4.27. The van der Waals surface area contributed by atoms with Gasteiger partial charge in [-0.05, 0) is 40.7 Å². The SMILES string of the molecule is Cc1ccc2c(C#C[Si](C(C)C)(C(C)C)C(C)C)cc(C=O)c-2cc1. The Hall–Kier alpha value is -1.85. The van der Waals surface area contributed by atoms with Crippen LogP contribution in [0.15, 0.2) is 30.3 Å². The largest absolute Gasteiger partial charge is 0.298 e. The molecule has 0 bridgehead atoms. The highest BCUT2D eigenvalue weighted by atomic mass is 28.3. The Morgan fingerprint density at radius 3 is 1.88 bits per heavy atom. The van der Waals surface area contributed by atoms with E-state index in [2.05, 4.69) is 78.1 Å². The van der Waals surface area contributed by atoms with Crippen molar-refractivity contribution in [2.75, 3.05) is 0 Å². The summed E-state index contributed by atoms with van der Waals surface area (Å²) in [6, 6.07) is 10.3. The number of fused-ring (bicyclic) bond motifs is 1. The number of aldehydes is 1. The standard InChI is InChI=1S/C23H30OSi/c1-16(2)25(17(3)4,18(5)6)13-12-20-14-21(15-24)23-11-9-19(7)8-10-22(20)23/h8-11,14-18H,1-7H3. The van der Waals surface area contributed by atoms with Gasteiger partial charge in [0.2, 0.25) is 0 Å². The minimum Gasteiger partial charge on any atom is -0.298 e. The molecule has 0 fully saturated rings. The maximum absolute atomic E-state index is 11.5. The predicted molar refractivity (Wildman–Crippen MR) is 111 cm³/mol. The molecule has 0 saturated heterocycles. The van der Waals surface area contributed by atoms with Crippen LogP contribution in [0.2, 0.25) is 16.6 Å². The highest BCUT2D eigenvalue weighted by Crippen LogP contribution is 2.41. The third-order valence-corrected chi connectivity index (χ3v) is 11.9. The summed E-state index contributed by atoms with van der Waals surface area (Å²) in [5, 5.41) is 0. The van der Waals surface area contributed by atoms with Crippen molar-refractivity contribution in [2.24, 2.45) is 0 Å². The van der Waals surface area contributed by atoms with Gasteiger partial charge in [0.25, 0.3) is 0 Å². The summed E-state index contributed by atoms with van der Waals surface area (Å²) < 4.78 is 0. The summed E-state index contributed by atoms with van der Waals surface area (Å²) in [4.78, 5) is 11.5. The van der Waals surface area contributed by atoms with Crippen LogP contribution in [0, 0.1) is 18.4 Å². The van der Waals surface area contributed by atoms with E-state index >= 15 is 0 Å². The first kappa shape index (κ1) is 19.5. The summed E-state index contributed by atoms with van der Waals surface area (Å²) in [6.45, 7) is 16.0. The molecule has 0 aliphatic heterocycles. The van der Waals surface area contributed by atoms with Gasteiger partial charge in [0.1, 0.15) is 8.07 Å². The van der Waals surface area contributed by atoms with Gasteiger partial charge in [-0.15, -0.1) is 5.54 Å². The molecule has 0 radical (unpaired) electrons. The highest BCUT2D eigenvalue weighted by molar-refractivity contribution is 6.90. The summed E-state index contributed by atoms with van der Waals surface area (Å²) in [5.74, 6) is 3.51. The first-order valence-electron chi connectivity index (χ1n) is 9.25. The predicted octanol–water partition coefficient (Wildman–Crippen LogP) is 6.48. The van der Waals surface area contributed by atoms with Gasteiger partial charge in [0.15, 0.2) is 6.29 Å². The summed E-state index contributed by atoms with van der Waals surface area (Å²) in [6.07, 6.45) is 0.945. The van der Waals surface area contributed by atoms with Crippen LogP contribution in [0.1, 0.15) is 63.0 Å². The minimum absolute atomic E-state index is 0.602. The molecule has 1 nitrogen and oxygen atoms in total. The molecule has 2 rings (SSSR count). The molecule has 0 spiro atoms. The first-order valence-corrected chi connectivity index (χ1v) is 11.5. The van der Waals surface area contributed by atoms with Crippen LogP contribution in [-0.4, -0.2) is 14.4 Å². The van der Waals surface area contributed by atoms with E-state index in [-0.39, 0.29) is 0 Å². The van der Waals surface area contributed by atoms with Gasteiger partial charge in [-0.2, -0.15) is 0 Å². The molecule has 0 aromatic heterocycles. The number of hydrogen-bond donors (Lipinski definition) is 0. The molecule has 0 saturated carbocycles. The topological polar surface area (TPSA) is 17.1 Å². The minimum atomic E-state index is -1.78. The van der Waals surface area contributed by atoms with E-state index in [0.717, 1.165) is 28.5 Å². The van der Waals surface area contributed by atoms with Gasteiger partial charge in [0, 0.05) is 11.1 Å². The average Bonchev–Trinajstić information content (AvgIpc) is 2.75. The van der Waals surface area contributed by atoms with Gasteiger partial charge in [-0.1, -0.05) is 77.3 Å². The normalized spacial score (nSPS) is 11.9. The molecule has 25 heavy (non-hydrogen) atoms. The lowest BCUT2D eigenvalue weighted by Gasteiger charge is -2.38. The molecule has 0 amide bonds. The van der Waals surface area contributed by atoms with Crippen LogP contribution >= 0.6 is 0 Å². The maximum Gasteiger partial charge on any atom is 0.150 e. The molecule has 0 atom stereocenters. The van der Waals surface area contributed by atoms with Crippen LogP contribution in [0.5, 0.6) is 0 Å². The molecule has 2 aliphatic rings. The molecule has 0 aromatic rings. The molecule has 132 valence electrons. The van der Waals surface area contributed by atoms with Crippen molar-refractivity contribution in [3.63, 3.8) is 0 Å². The lowest BCUT2D eigenvalue weighted by atomic mass is 10.1. The summed E-state index contributed by atoms with van der Waals surface area (Å²) in [7, 11) is -1.78. The fraction of sp³-hybridized carbons (Fsp3) is 0.435. The molecular formula is C23H30OSi. The Morgan fingerprint density at radius 2 is 1.40 bits per heavy atom. The van der Waals surface area contributed by atoms with Gasteiger partial charge in [-0.3, -0.25) is 4.79 Å². The molecule has 0 N–H and O–H groups in total. The molecule has 0 unspecified atom stereocenters. The Kier molecular flexibility index (Phi) is 5.90. The number of carbonyl (C=O) groups is 1. The van der Waals surface area contributed by atoms with Crippen LogP contribution in [0.4, 0.5) is 0 Å². The second-order valence-electron chi connectivity index (χ2n) is 8.02. The first-order chi connectivity index (χ1) is 11.7. The molecular weight excluding hydrogens is 320 g/mol. The highest BCUT2D eigenvalue weighted by Gasteiger charge is 2.41. The van der Waals surface area contributed by atoms with Crippen molar-refractivity contribution in [3.8, 4) is 22.6 Å². The average molecular weight is 351 g/mol. The Bertz CT molecular complexity index is 768. The van der Waals surface area contributed by atoms with E-state index in [1.165, 1.54) is 5.56 Å². The number of carbonyl (C=O) groups excluding carboxylic acids is 1. The van der Waals surface area contributed by atoms with Crippen molar-refractivity contribution in [2.45, 2.75) is 65.1 Å². The smallest absolute Gasteiger partial charge is 0.150 e.